The molecular formula is C14H20N6O. The summed E-state index contributed by atoms with van der Waals surface area (Å²) in [5, 5.41) is 7.04. The maximum atomic E-state index is 12.4. The minimum Gasteiger partial charge on any atom is -0.319 e. The van der Waals surface area contributed by atoms with Crippen molar-refractivity contribution in [2.45, 2.75) is 26.7 Å². The van der Waals surface area contributed by atoms with E-state index in [-0.39, 0.29) is 11.8 Å². The van der Waals surface area contributed by atoms with Crippen molar-refractivity contribution in [3.63, 3.8) is 0 Å². The lowest BCUT2D eigenvalue weighted by Gasteiger charge is -2.10. The number of hydrogen-bond donors (Lipinski definition) is 3. The van der Waals surface area contributed by atoms with Gasteiger partial charge in [-0.1, -0.05) is 13.8 Å². The van der Waals surface area contributed by atoms with Crippen LogP contribution in [0, 0.1) is 6.92 Å². The summed E-state index contributed by atoms with van der Waals surface area (Å²) in [5.41, 5.74) is 5.25. The van der Waals surface area contributed by atoms with E-state index in [2.05, 4.69) is 20.8 Å². The third kappa shape index (κ3) is 3.38. The van der Waals surface area contributed by atoms with Crippen LogP contribution in [0.3, 0.4) is 0 Å². The van der Waals surface area contributed by atoms with E-state index in [1.165, 1.54) is 0 Å². The van der Waals surface area contributed by atoms with Gasteiger partial charge in [0.1, 0.15) is 5.82 Å². The van der Waals surface area contributed by atoms with Gasteiger partial charge in [0.15, 0.2) is 0 Å². The second-order valence-corrected chi connectivity index (χ2v) is 5.22. The summed E-state index contributed by atoms with van der Waals surface area (Å²) in [6.45, 7) is 5.86. The molecule has 0 fully saturated rings. The van der Waals surface area contributed by atoms with E-state index in [9.17, 15) is 4.79 Å². The fourth-order valence-corrected chi connectivity index (χ4v) is 1.97. The molecule has 0 saturated heterocycles. The van der Waals surface area contributed by atoms with Gasteiger partial charge in [0.25, 0.3) is 5.91 Å². The van der Waals surface area contributed by atoms with E-state index in [0.717, 1.165) is 11.4 Å². The maximum Gasteiger partial charge on any atom is 0.255 e. The van der Waals surface area contributed by atoms with Crippen molar-refractivity contribution in [2.75, 3.05) is 10.7 Å². The lowest BCUT2D eigenvalue weighted by molar-refractivity contribution is 0.102. The number of nitrogen functional groups attached to an aromatic ring is 1. The molecule has 0 aromatic carbocycles. The monoisotopic (exact) mass is 288 g/mol. The highest BCUT2D eigenvalue weighted by Crippen LogP contribution is 2.19. The minimum absolute atomic E-state index is 0.199. The topological polar surface area (TPSA) is 97.9 Å². The van der Waals surface area contributed by atoms with E-state index >= 15 is 0 Å². The molecule has 0 unspecified atom stereocenters. The molecule has 0 spiro atoms. The normalized spacial score (nSPS) is 10.8. The number of rotatable bonds is 4. The molecule has 0 radical (unpaired) electrons. The number of carbonyl (C=O) groups excluding carboxylic acids is 1. The molecule has 0 aliphatic rings. The zero-order valence-electron chi connectivity index (χ0n) is 12.6. The maximum absolute atomic E-state index is 12.4. The van der Waals surface area contributed by atoms with Gasteiger partial charge in [-0.05, 0) is 25.0 Å². The number of hydrazine groups is 1. The van der Waals surface area contributed by atoms with Gasteiger partial charge in [-0.25, -0.2) is 10.8 Å². The summed E-state index contributed by atoms with van der Waals surface area (Å²) < 4.78 is 1.66. The molecule has 112 valence electrons. The Morgan fingerprint density at radius 2 is 2.10 bits per heavy atom. The number of pyridine rings is 1. The lowest BCUT2D eigenvalue weighted by atomic mass is 10.1. The summed E-state index contributed by atoms with van der Waals surface area (Å²) in [5.74, 6) is 5.86. The molecule has 1 amide bonds. The average molecular weight is 288 g/mol. The van der Waals surface area contributed by atoms with Crippen molar-refractivity contribution >= 4 is 17.4 Å². The average Bonchev–Trinajstić information content (AvgIpc) is 2.76. The summed E-state index contributed by atoms with van der Waals surface area (Å²) >= 11 is 0. The summed E-state index contributed by atoms with van der Waals surface area (Å²) in [4.78, 5) is 16.7. The van der Waals surface area contributed by atoms with E-state index in [4.69, 9.17) is 5.84 Å². The zero-order chi connectivity index (χ0) is 15.6. The number of nitrogens with zero attached hydrogens (tertiary/aromatic N) is 3. The van der Waals surface area contributed by atoms with Crippen LogP contribution in [0.15, 0.2) is 18.3 Å². The number of nitrogens with two attached hydrogens (primary N) is 1. The Morgan fingerprint density at radius 3 is 2.62 bits per heavy atom. The van der Waals surface area contributed by atoms with E-state index in [1.807, 2.05) is 27.8 Å². The van der Waals surface area contributed by atoms with Gasteiger partial charge in [0, 0.05) is 24.5 Å². The van der Waals surface area contributed by atoms with Gasteiger partial charge in [0.2, 0.25) is 0 Å². The van der Waals surface area contributed by atoms with Gasteiger partial charge in [0.05, 0.1) is 11.4 Å². The van der Waals surface area contributed by atoms with Crippen molar-refractivity contribution in [2.24, 2.45) is 12.9 Å². The predicted molar refractivity (Wildman–Crippen MR) is 82.0 cm³/mol. The highest BCUT2D eigenvalue weighted by atomic mass is 16.1. The molecule has 7 heteroatoms. The van der Waals surface area contributed by atoms with Crippen molar-refractivity contribution < 1.29 is 4.79 Å². The number of hydrogen-bond acceptors (Lipinski definition) is 5. The number of anilines is 2. The van der Waals surface area contributed by atoms with Crippen LogP contribution in [-0.2, 0) is 7.05 Å². The third-order valence-electron chi connectivity index (χ3n) is 3.11. The van der Waals surface area contributed by atoms with Crippen LogP contribution < -0.4 is 16.6 Å². The molecule has 4 N–H and O–H groups in total. The SMILES string of the molecule is Cc1nn(C)cc1NC(=O)c1cc(NN)nc(C(C)C)c1. The fraction of sp³-hybridized carbons (Fsp3) is 0.357. The van der Waals surface area contributed by atoms with Gasteiger partial charge in [-0.2, -0.15) is 5.10 Å². The van der Waals surface area contributed by atoms with Gasteiger partial charge < -0.3 is 10.7 Å². The molecule has 0 aliphatic heterocycles. The predicted octanol–water partition coefficient (Wildman–Crippen LogP) is 1.78. The third-order valence-corrected chi connectivity index (χ3v) is 3.11. The van der Waals surface area contributed by atoms with Crippen molar-refractivity contribution in [3.05, 3.63) is 35.3 Å². The van der Waals surface area contributed by atoms with Gasteiger partial charge in [-0.15, -0.1) is 0 Å². The second kappa shape index (κ2) is 5.92. The number of carbonyl (C=O) groups is 1. The number of aryl methyl sites for hydroxylation is 2. The molecule has 0 atom stereocenters. The van der Waals surface area contributed by atoms with Crippen LogP contribution in [0.1, 0.15) is 41.5 Å². The number of nitrogens with one attached hydrogen (secondary N) is 2. The second-order valence-electron chi connectivity index (χ2n) is 5.22. The summed E-state index contributed by atoms with van der Waals surface area (Å²) in [7, 11) is 1.81. The van der Waals surface area contributed by atoms with Crippen molar-refractivity contribution in [1.82, 2.24) is 14.8 Å². The zero-order valence-corrected chi connectivity index (χ0v) is 12.6. The Balaban J connectivity index is 2.30. The van der Waals surface area contributed by atoms with Crippen LogP contribution >= 0.6 is 0 Å². The Kier molecular flexibility index (Phi) is 4.23. The van der Waals surface area contributed by atoms with Gasteiger partial charge >= 0.3 is 0 Å². The van der Waals surface area contributed by atoms with Crippen LogP contribution in [0.2, 0.25) is 0 Å². The fourth-order valence-electron chi connectivity index (χ4n) is 1.97. The number of amides is 1. The molecule has 0 bridgehead atoms. The first kappa shape index (κ1) is 15.0. The largest absolute Gasteiger partial charge is 0.319 e. The standard InChI is InChI=1S/C14H20N6O/c1-8(2)11-5-10(6-13(16-11)18-15)14(21)17-12-7-20(4)19-9(12)3/h5-8H,15H2,1-4H3,(H,16,18)(H,17,21). The molecule has 0 saturated carbocycles. The van der Waals surface area contributed by atoms with Crippen LogP contribution in [-0.4, -0.2) is 20.7 Å². The van der Waals surface area contributed by atoms with Crippen molar-refractivity contribution in [3.8, 4) is 0 Å². The molecule has 7 nitrogen and oxygen atoms in total. The number of aromatic nitrogens is 3. The Bertz CT molecular complexity index is 661. The minimum atomic E-state index is -0.216. The Hall–Kier alpha value is -2.41. The highest BCUT2D eigenvalue weighted by Gasteiger charge is 2.13. The molecule has 2 heterocycles. The van der Waals surface area contributed by atoms with Gasteiger partial charge in [-0.3, -0.25) is 9.48 Å². The first-order valence-electron chi connectivity index (χ1n) is 6.71. The lowest BCUT2D eigenvalue weighted by Crippen LogP contribution is -2.16. The molecule has 21 heavy (non-hydrogen) atoms. The molecular weight excluding hydrogens is 268 g/mol. The molecule has 0 aliphatic carbocycles. The highest BCUT2D eigenvalue weighted by molar-refractivity contribution is 6.05. The molecule has 2 aromatic heterocycles. The first-order chi connectivity index (χ1) is 9.90. The smallest absolute Gasteiger partial charge is 0.255 e. The van der Waals surface area contributed by atoms with E-state index in [1.54, 1.807) is 23.0 Å². The first-order valence-corrected chi connectivity index (χ1v) is 6.71. The van der Waals surface area contributed by atoms with E-state index < -0.39 is 0 Å². The molecule has 2 aromatic rings. The van der Waals surface area contributed by atoms with Crippen molar-refractivity contribution in [1.29, 1.82) is 0 Å². The Morgan fingerprint density at radius 1 is 1.38 bits per heavy atom. The summed E-state index contributed by atoms with van der Waals surface area (Å²) in [6.07, 6.45) is 1.76. The summed E-state index contributed by atoms with van der Waals surface area (Å²) in [6, 6.07) is 3.39. The van der Waals surface area contributed by atoms with E-state index in [0.29, 0.717) is 17.1 Å². The van der Waals surface area contributed by atoms with Crippen LogP contribution in [0.4, 0.5) is 11.5 Å². The van der Waals surface area contributed by atoms with Crippen LogP contribution in [0.25, 0.3) is 0 Å². The molecule has 2 rings (SSSR count). The van der Waals surface area contributed by atoms with Crippen LogP contribution in [0.5, 0.6) is 0 Å². The Labute approximate surface area is 123 Å². The quantitative estimate of drug-likeness (QED) is 0.588.